The van der Waals surface area contributed by atoms with Crippen molar-refractivity contribution in [1.82, 2.24) is 10.6 Å². The molecule has 27 heavy (non-hydrogen) atoms. The lowest BCUT2D eigenvalue weighted by molar-refractivity contribution is -0.916. The molecule has 1 aliphatic rings. The van der Waals surface area contributed by atoms with Crippen molar-refractivity contribution < 1.29 is 24.0 Å². The standard InChI is InChI=1S/C20H23N3O4/c1-21-20(25)22-19(24)18(15-6-4-3-5-7-15)23(2)13-14-8-9-16-17(12-14)27-11-10-26-16/h3-9,12,18H,10-11,13H2,1-2H3,(H2,21,22,24,25)/p+1/t18-/m1/s1. The largest absolute Gasteiger partial charge is 0.486 e. The number of likely N-dealkylation sites (N-methyl/N-ethyl adjacent to an activating group) is 1. The van der Waals surface area contributed by atoms with Gasteiger partial charge in [-0.1, -0.05) is 30.3 Å². The molecule has 3 N–H and O–H groups in total. The number of amides is 3. The van der Waals surface area contributed by atoms with Crippen molar-refractivity contribution in [2.45, 2.75) is 12.6 Å². The zero-order chi connectivity index (χ0) is 19.2. The van der Waals surface area contributed by atoms with Crippen LogP contribution in [-0.2, 0) is 11.3 Å². The summed E-state index contributed by atoms with van der Waals surface area (Å²) >= 11 is 0. The Bertz CT molecular complexity index is 810. The maximum atomic E-state index is 12.7. The Morgan fingerprint density at radius 1 is 1.07 bits per heavy atom. The highest BCUT2D eigenvalue weighted by atomic mass is 16.6. The number of carbonyl (C=O) groups is 2. The van der Waals surface area contributed by atoms with Crippen LogP contribution in [0.4, 0.5) is 4.79 Å². The fourth-order valence-corrected chi connectivity index (χ4v) is 3.17. The molecule has 0 spiro atoms. The Kier molecular flexibility index (Phi) is 5.93. The van der Waals surface area contributed by atoms with Gasteiger partial charge < -0.3 is 19.7 Å². The van der Waals surface area contributed by atoms with E-state index in [9.17, 15) is 9.59 Å². The SMILES string of the molecule is CNC(=O)NC(=O)[C@@H](c1ccccc1)[NH+](C)Cc1ccc2c(c1)OCCO2. The van der Waals surface area contributed by atoms with Gasteiger partial charge in [-0.25, -0.2) is 4.79 Å². The molecule has 1 heterocycles. The second-order valence-corrected chi connectivity index (χ2v) is 6.41. The number of rotatable bonds is 5. The van der Waals surface area contributed by atoms with Crippen LogP contribution in [0.5, 0.6) is 11.5 Å². The molecule has 3 amide bonds. The van der Waals surface area contributed by atoms with Crippen LogP contribution in [0.25, 0.3) is 0 Å². The predicted octanol–water partition coefficient (Wildman–Crippen LogP) is 0.669. The fourth-order valence-electron chi connectivity index (χ4n) is 3.17. The van der Waals surface area contributed by atoms with Gasteiger partial charge in [0.25, 0.3) is 5.91 Å². The van der Waals surface area contributed by atoms with Gasteiger partial charge in [0.1, 0.15) is 19.8 Å². The Morgan fingerprint density at radius 3 is 2.48 bits per heavy atom. The minimum atomic E-state index is -0.531. The van der Waals surface area contributed by atoms with Crippen LogP contribution in [0.2, 0.25) is 0 Å². The molecule has 142 valence electrons. The second-order valence-electron chi connectivity index (χ2n) is 6.41. The van der Waals surface area contributed by atoms with Crippen molar-refractivity contribution >= 4 is 11.9 Å². The molecular weight excluding hydrogens is 346 g/mol. The van der Waals surface area contributed by atoms with Crippen LogP contribution < -0.4 is 25.0 Å². The third kappa shape index (κ3) is 4.57. The van der Waals surface area contributed by atoms with E-state index in [1.54, 1.807) is 0 Å². The summed E-state index contributed by atoms with van der Waals surface area (Å²) in [7, 11) is 3.41. The third-order valence-electron chi connectivity index (χ3n) is 4.44. The van der Waals surface area contributed by atoms with Gasteiger partial charge in [-0.05, 0) is 18.2 Å². The highest BCUT2D eigenvalue weighted by molar-refractivity contribution is 5.96. The summed E-state index contributed by atoms with van der Waals surface area (Å²) in [4.78, 5) is 25.3. The minimum Gasteiger partial charge on any atom is -0.486 e. The molecule has 0 bridgehead atoms. The molecule has 0 aromatic heterocycles. The molecule has 0 aliphatic carbocycles. The lowest BCUT2D eigenvalue weighted by Gasteiger charge is -2.25. The smallest absolute Gasteiger partial charge is 0.321 e. The summed E-state index contributed by atoms with van der Waals surface area (Å²) in [6.45, 7) is 1.66. The number of nitrogens with one attached hydrogen (secondary N) is 3. The number of hydrogen-bond donors (Lipinski definition) is 3. The van der Waals surface area contributed by atoms with Crippen molar-refractivity contribution in [3.63, 3.8) is 0 Å². The van der Waals surface area contributed by atoms with E-state index in [-0.39, 0.29) is 5.91 Å². The predicted molar refractivity (Wildman–Crippen MR) is 99.8 cm³/mol. The van der Waals surface area contributed by atoms with Crippen LogP contribution in [0.1, 0.15) is 17.2 Å². The quantitative estimate of drug-likeness (QED) is 0.723. The van der Waals surface area contributed by atoms with E-state index in [1.165, 1.54) is 7.05 Å². The number of imide groups is 1. The van der Waals surface area contributed by atoms with Crippen molar-refractivity contribution in [1.29, 1.82) is 0 Å². The highest BCUT2D eigenvalue weighted by Gasteiger charge is 2.30. The highest BCUT2D eigenvalue weighted by Crippen LogP contribution is 2.30. The lowest BCUT2D eigenvalue weighted by atomic mass is 10.0. The number of benzene rings is 2. The first-order valence-electron chi connectivity index (χ1n) is 8.87. The van der Waals surface area contributed by atoms with Crippen molar-refractivity contribution in [3.05, 3.63) is 59.7 Å². The summed E-state index contributed by atoms with van der Waals surface area (Å²) < 4.78 is 11.2. The first-order valence-corrected chi connectivity index (χ1v) is 8.87. The monoisotopic (exact) mass is 370 g/mol. The topological polar surface area (TPSA) is 81.1 Å². The van der Waals surface area contributed by atoms with Crippen molar-refractivity contribution in [3.8, 4) is 11.5 Å². The summed E-state index contributed by atoms with van der Waals surface area (Å²) in [5.74, 6) is 1.10. The Morgan fingerprint density at radius 2 is 1.78 bits per heavy atom. The molecule has 0 fully saturated rings. The average Bonchev–Trinajstić information content (AvgIpc) is 2.68. The Hall–Kier alpha value is -3.06. The fraction of sp³-hybridized carbons (Fsp3) is 0.300. The molecule has 0 radical (unpaired) electrons. The van der Waals surface area contributed by atoms with Gasteiger partial charge >= 0.3 is 6.03 Å². The first kappa shape index (κ1) is 18.7. The van der Waals surface area contributed by atoms with Crippen LogP contribution in [0.3, 0.4) is 0 Å². The normalized spacial score (nSPS) is 14.7. The van der Waals surface area contributed by atoms with E-state index in [0.29, 0.717) is 19.8 Å². The van der Waals surface area contributed by atoms with E-state index in [0.717, 1.165) is 27.5 Å². The Balaban J connectivity index is 1.81. The molecule has 2 atom stereocenters. The number of carbonyl (C=O) groups excluding carboxylic acids is 2. The molecule has 3 rings (SSSR count). The number of quaternary nitrogens is 1. The van der Waals surface area contributed by atoms with Gasteiger partial charge in [-0.2, -0.15) is 0 Å². The van der Waals surface area contributed by atoms with E-state index in [4.69, 9.17) is 9.47 Å². The molecule has 0 saturated heterocycles. The van der Waals surface area contributed by atoms with Crippen molar-refractivity contribution in [2.24, 2.45) is 0 Å². The minimum absolute atomic E-state index is 0.351. The van der Waals surface area contributed by atoms with Gasteiger partial charge in [0.2, 0.25) is 0 Å². The van der Waals surface area contributed by atoms with Crippen LogP contribution in [0, 0.1) is 0 Å². The van der Waals surface area contributed by atoms with Crippen molar-refractivity contribution in [2.75, 3.05) is 27.3 Å². The van der Waals surface area contributed by atoms with Crippen LogP contribution in [0.15, 0.2) is 48.5 Å². The van der Waals surface area contributed by atoms with E-state index in [1.807, 2.05) is 55.6 Å². The number of ether oxygens (including phenoxy) is 2. The van der Waals surface area contributed by atoms with Gasteiger partial charge in [0, 0.05) is 18.2 Å². The van der Waals surface area contributed by atoms with Gasteiger partial charge in [-0.15, -0.1) is 0 Å². The molecule has 1 aliphatic heterocycles. The van der Waals surface area contributed by atoms with E-state index >= 15 is 0 Å². The summed E-state index contributed by atoms with van der Waals surface area (Å²) in [6, 6.07) is 14.2. The number of fused-ring (bicyclic) bond motifs is 1. The van der Waals surface area contributed by atoms with E-state index < -0.39 is 12.1 Å². The molecule has 2 aromatic rings. The molecule has 7 nitrogen and oxygen atoms in total. The van der Waals surface area contributed by atoms with E-state index in [2.05, 4.69) is 10.6 Å². The molecule has 0 saturated carbocycles. The summed E-state index contributed by atoms with van der Waals surface area (Å²) in [5, 5.41) is 4.80. The molecular formula is C20H24N3O4+. The molecule has 1 unspecified atom stereocenters. The maximum Gasteiger partial charge on any atom is 0.321 e. The lowest BCUT2D eigenvalue weighted by Crippen LogP contribution is -3.09. The molecule has 2 aromatic carbocycles. The average molecular weight is 370 g/mol. The van der Waals surface area contributed by atoms with Gasteiger partial charge in [-0.3, -0.25) is 10.1 Å². The zero-order valence-electron chi connectivity index (χ0n) is 15.5. The second kappa shape index (κ2) is 8.55. The zero-order valence-corrected chi connectivity index (χ0v) is 15.5. The van der Waals surface area contributed by atoms with Crippen LogP contribution >= 0.6 is 0 Å². The third-order valence-corrected chi connectivity index (χ3v) is 4.44. The summed E-state index contributed by atoms with van der Waals surface area (Å²) in [6.07, 6.45) is 0. The van der Waals surface area contributed by atoms with Gasteiger partial charge in [0.05, 0.1) is 7.05 Å². The van der Waals surface area contributed by atoms with Gasteiger partial charge in [0.15, 0.2) is 17.5 Å². The first-order chi connectivity index (χ1) is 13.1. The number of urea groups is 1. The number of hydrogen-bond acceptors (Lipinski definition) is 4. The maximum absolute atomic E-state index is 12.7. The van der Waals surface area contributed by atoms with Crippen LogP contribution in [-0.4, -0.2) is 39.2 Å². The molecule has 7 heteroatoms. The Labute approximate surface area is 158 Å². The summed E-state index contributed by atoms with van der Waals surface area (Å²) in [5.41, 5.74) is 1.86.